The lowest BCUT2D eigenvalue weighted by atomic mass is 10.1. The molecule has 1 saturated heterocycles. The van der Waals surface area contributed by atoms with Gasteiger partial charge in [0.2, 0.25) is 0 Å². The third-order valence-corrected chi connectivity index (χ3v) is 6.29. The maximum Gasteiger partial charge on any atom is 0.416 e. The Morgan fingerprint density at radius 1 is 0.968 bits per heavy atom. The molecule has 3 aromatic rings. The fourth-order valence-corrected chi connectivity index (χ4v) is 4.65. The van der Waals surface area contributed by atoms with Crippen LogP contribution in [0.3, 0.4) is 0 Å². The minimum Gasteiger partial charge on any atom is -0.489 e. The van der Waals surface area contributed by atoms with Gasteiger partial charge in [-0.2, -0.15) is 13.2 Å². The van der Waals surface area contributed by atoms with Gasteiger partial charge in [-0.1, -0.05) is 42.5 Å². The summed E-state index contributed by atoms with van der Waals surface area (Å²) in [6, 6.07) is 21.8. The number of hydrogen-bond acceptors (Lipinski definition) is 3. The standard InChI is InChI=1S/C24H20F3NO2S/c25-24(26,27)20-10-6-18(7-11-20)22(29)28-14-15-31-23(28)19-8-12-21(13-9-19)30-16-17-4-2-1-3-5-17/h1-13,23H,14-16H2/t23-/m1/s1. The van der Waals surface area contributed by atoms with Gasteiger partial charge in [0.25, 0.3) is 5.91 Å². The molecule has 3 aromatic carbocycles. The van der Waals surface area contributed by atoms with Crippen LogP contribution in [-0.2, 0) is 12.8 Å². The van der Waals surface area contributed by atoms with E-state index in [2.05, 4.69) is 0 Å². The summed E-state index contributed by atoms with van der Waals surface area (Å²) < 4.78 is 44.2. The van der Waals surface area contributed by atoms with Gasteiger partial charge in [0.15, 0.2) is 0 Å². The van der Waals surface area contributed by atoms with Crippen molar-refractivity contribution in [1.29, 1.82) is 0 Å². The quantitative estimate of drug-likeness (QED) is 0.472. The molecule has 1 atom stereocenters. The molecule has 0 aromatic heterocycles. The average Bonchev–Trinajstić information content (AvgIpc) is 3.28. The van der Waals surface area contributed by atoms with Crippen LogP contribution in [0.5, 0.6) is 5.75 Å². The second-order valence-electron chi connectivity index (χ2n) is 7.14. The lowest BCUT2D eigenvalue weighted by Crippen LogP contribution is -2.30. The fourth-order valence-electron chi connectivity index (χ4n) is 3.39. The molecule has 0 radical (unpaired) electrons. The number of alkyl halides is 3. The third kappa shape index (κ3) is 5.05. The number of benzene rings is 3. The van der Waals surface area contributed by atoms with Crippen molar-refractivity contribution in [1.82, 2.24) is 4.90 Å². The fraction of sp³-hybridized carbons (Fsp3) is 0.208. The highest BCUT2D eigenvalue weighted by molar-refractivity contribution is 7.99. The predicted octanol–water partition coefficient (Wildman–Crippen LogP) is 6.17. The van der Waals surface area contributed by atoms with Crippen LogP contribution in [-0.4, -0.2) is 23.1 Å². The molecule has 1 aliphatic heterocycles. The summed E-state index contributed by atoms with van der Waals surface area (Å²) in [4.78, 5) is 14.6. The number of carbonyl (C=O) groups excluding carboxylic acids is 1. The molecule has 7 heteroatoms. The van der Waals surface area contributed by atoms with E-state index in [-0.39, 0.29) is 16.8 Å². The van der Waals surface area contributed by atoms with E-state index in [0.717, 1.165) is 34.8 Å². The number of thioether (sulfide) groups is 1. The normalized spacial score (nSPS) is 16.4. The zero-order valence-corrected chi connectivity index (χ0v) is 17.3. The topological polar surface area (TPSA) is 29.5 Å². The van der Waals surface area contributed by atoms with Gasteiger partial charge in [-0.15, -0.1) is 11.8 Å². The first kappa shape index (κ1) is 21.3. The molecule has 4 rings (SSSR count). The van der Waals surface area contributed by atoms with Crippen molar-refractivity contribution in [3.63, 3.8) is 0 Å². The zero-order chi connectivity index (χ0) is 21.8. The van der Waals surface area contributed by atoms with Gasteiger partial charge < -0.3 is 9.64 Å². The van der Waals surface area contributed by atoms with Gasteiger partial charge in [-0.25, -0.2) is 0 Å². The van der Waals surface area contributed by atoms with Crippen LogP contribution in [0.1, 0.15) is 32.4 Å². The molecular weight excluding hydrogens is 423 g/mol. The van der Waals surface area contributed by atoms with Crippen molar-refractivity contribution in [2.45, 2.75) is 18.2 Å². The highest BCUT2D eigenvalue weighted by Gasteiger charge is 2.33. The number of nitrogens with zero attached hydrogens (tertiary/aromatic N) is 1. The zero-order valence-electron chi connectivity index (χ0n) is 16.5. The Morgan fingerprint density at radius 3 is 2.29 bits per heavy atom. The van der Waals surface area contributed by atoms with Crippen molar-refractivity contribution in [2.75, 3.05) is 12.3 Å². The van der Waals surface area contributed by atoms with Gasteiger partial charge in [0.1, 0.15) is 17.7 Å². The smallest absolute Gasteiger partial charge is 0.416 e. The van der Waals surface area contributed by atoms with Gasteiger partial charge in [0.05, 0.1) is 5.56 Å². The van der Waals surface area contributed by atoms with Crippen LogP contribution < -0.4 is 4.74 Å². The Morgan fingerprint density at radius 2 is 1.65 bits per heavy atom. The Hall–Kier alpha value is -2.93. The van der Waals surface area contributed by atoms with Crippen LogP contribution in [0.4, 0.5) is 13.2 Å². The largest absolute Gasteiger partial charge is 0.489 e. The van der Waals surface area contributed by atoms with E-state index in [1.807, 2.05) is 54.6 Å². The van der Waals surface area contributed by atoms with Gasteiger partial charge >= 0.3 is 6.18 Å². The molecule has 31 heavy (non-hydrogen) atoms. The second-order valence-corrected chi connectivity index (χ2v) is 8.33. The first-order chi connectivity index (χ1) is 14.9. The first-order valence-corrected chi connectivity index (χ1v) is 10.8. The minimum atomic E-state index is -4.42. The molecule has 0 bridgehead atoms. The summed E-state index contributed by atoms with van der Waals surface area (Å²) in [5.74, 6) is 1.23. The molecule has 0 N–H and O–H groups in total. The van der Waals surface area contributed by atoms with Crippen molar-refractivity contribution in [3.8, 4) is 5.75 Å². The van der Waals surface area contributed by atoms with Gasteiger partial charge in [-0.05, 0) is 47.5 Å². The highest BCUT2D eigenvalue weighted by Crippen LogP contribution is 2.39. The van der Waals surface area contributed by atoms with Gasteiger partial charge in [0, 0.05) is 17.9 Å². The van der Waals surface area contributed by atoms with E-state index in [1.54, 1.807) is 16.7 Å². The number of amides is 1. The van der Waals surface area contributed by atoms with Crippen LogP contribution >= 0.6 is 11.8 Å². The summed E-state index contributed by atoms with van der Waals surface area (Å²) in [5, 5.41) is -0.182. The summed E-state index contributed by atoms with van der Waals surface area (Å²) in [7, 11) is 0. The summed E-state index contributed by atoms with van der Waals surface area (Å²) in [5.41, 5.74) is 1.52. The maximum atomic E-state index is 12.9. The molecule has 3 nitrogen and oxygen atoms in total. The van der Waals surface area contributed by atoms with E-state index in [9.17, 15) is 18.0 Å². The third-order valence-electron chi connectivity index (χ3n) is 5.02. The molecule has 0 spiro atoms. The molecule has 1 aliphatic rings. The number of carbonyl (C=O) groups is 1. The lowest BCUT2D eigenvalue weighted by Gasteiger charge is -2.24. The van der Waals surface area contributed by atoms with Crippen molar-refractivity contribution in [2.24, 2.45) is 0 Å². The van der Waals surface area contributed by atoms with Crippen LogP contribution in [0, 0.1) is 0 Å². The molecule has 1 heterocycles. The van der Waals surface area contributed by atoms with Crippen molar-refractivity contribution >= 4 is 17.7 Å². The molecule has 0 unspecified atom stereocenters. The number of ether oxygens (including phenoxy) is 1. The summed E-state index contributed by atoms with van der Waals surface area (Å²) in [6.07, 6.45) is -4.42. The van der Waals surface area contributed by atoms with Crippen LogP contribution in [0.15, 0.2) is 78.9 Å². The maximum absolute atomic E-state index is 12.9. The SMILES string of the molecule is O=C(c1ccc(C(F)(F)F)cc1)N1CCS[C@@H]1c1ccc(OCc2ccccc2)cc1. The van der Waals surface area contributed by atoms with Crippen LogP contribution in [0.25, 0.3) is 0 Å². The molecular formula is C24H20F3NO2S. The monoisotopic (exact) mass is 443 g/mol. The average molecular weight is 443 g/mol. The van der Waals surface area contributed by atoms with E-state index in [1.165, 1.54) is 12.1 Å². The van der Waals surface area contributed by atoms with E-state index in [4.69, 9.17) is 4.74 Å². The number of rotatable bonds is 5. The van der Waals surface area contributed by atoms with E-state index >= 15 is 0 Å². The van der Waals surface area contributed by atoms with E-state index in [0.29, 0.717) is 13.2 Å². The Balaban J connectivity index is 1.43. The Kier molecular flexibility index (Phi) is 6.23. The molecule has 0 saturated carbocycles. The summed E-state index contributed by atoms with van der Waals surface area (Å²) >= 11 is 1.63. The number of hydrogen-bond donors (Lipinski definition) is 0. The minimum absolute atomic E-state index is 0.182. The van der Waals surface area contributed by atoms with Crippen LogP contribution in [0.2, 0.25) is 0 Å². The van der Waals surface area contributed by atoms with Crippen molar-refractivity contribution in [3.05, 3.63) is 101 Å². The second kappa shape index (κ2) is 9.06. The number of halogens is 3. The van der Waals surface area contributed by atoms with Gasteiger partial charge in [-0.3, -0.25) is 4.79 Å². The summed E-state index contributed by atoms with van der Waals surface area (Å²) in [6.45, 7) is 1.01. The molecule has 0 aliphatic carbocycles. The lowest BCUT2D eigenvalue weighted by molar-refractivity contribution is -0.137. The first-order valence-electron chi connectivity index (χ1n) is 9.78. The molecule has 160 valence electrons. The predicted molar refractivity (Wildman–Crippen MR) is 115 cm³/mol. The molecule has 1 fully saturated rings. The molecule has 1 amide bonds. The Labute approximate surface area is 182 Å². The van der Waals surface area contributed by atoms with E-state index < -0.39 is 11.7 Å². The Bertz CT molecular complexity index is 1020. The van der Waals surface area contributed by atoms with Crippen molar-refractivity contribution < 1.29 is 22.7 Å². The highest BCUT2D eigenvalue weighted by atomic mass is 32.2.